The van der Waals surface area contributed by atoms with Gasteiger partial charge in [-0.25, -0.2) is 18.3 Å². The quantitative estimate of drug-likeness (QED) is 0.333. The van der Waals surface area contributed by atoms with Crippen molar-refractivity contribution in [1.29, 1.82) is 0 Å². The average Bonchev–Trinajstić information content (AvgIpc) is 2.82. The number of hydrogen-bond acceptors (Lipinski definition) is 11. The molecule has 5 atom stereocenters. The number of ketones is 1. The van der Waals surface area contributed by atoms with Crippen molar-refractivity contribution in [2.45, 2.75) is 28.2 Å². The van der Waals surface area contributed by atoms with Crippen molar-refractivity contribution < 1.29 is 53.3 Å². The van der Waals surface area contributed by atoms with E-state index in [-0.39, 0.29) is 0 Å². The summed E-state index contributed by atoms with van der Waals surface area (Å²) in [6.07, 6.45) is -2.15. The Bertz CT molecular complexity index is 623. The molecule has 2 fully saturated rings. The number of hydrogen-bond donors (Lipinski definition) is 5. The molecular weight excluding hydrogens is 322 g/mol. The van der Waals surface area contributed by atoms with Gasteiger partial charge >= 0.3 is 20.9 Å². The molecule has 11 nitrogen and oxygen atoms in total. The molecule has 2 rings (SSSR count). The van der Waals surface area contributed by atoms with Crippen LogP contribution in [0.2, 0.25) is 0 Å². The summed E-state index contributed by atoms with van der Waals surface area (Å²) in [5.41, 5.74) is -10.5. The monoisotopic (exact) mass is 330 g/mol. The van der Waals surface area contributed by atoms with Gasteiger partial charge in [-0.15, -0.1) is 0 Å². The zero-order valence-electron chi connectivity index (χ0n) is 9.36. The minimum atomic E-state index is -4.37. The fourth-order valence-electron chi connectivity index (χ4n) is 2.37. The van der Waals surface area contributed by atoms with E-state index < -0.39 is 55.9 Å². The van der Waals surface area contributed by atoms with Gasteiger partial charge in [0, 0.05) is 0 Å². The van der Waals surface area contributed by atoms with Crippen LogP contribution >= 0.6 is 15.4 Å². The molecule has 0 aromatic heterocycles. The molecule has 0 aromatic carbocycles. The molecule has 0 spiro atoms. The average molecular weight is 330 g/mol. The molecule has 0 amide bonds. The van der Waals surface area contributed by atoms with Crippen LogP contribution in [0.1, 0.15) is 0 Å². The van der Waals surface area contributed by atoms with Crippen molar-refractivity contribution in [2.75, 3.05) is 6.61 Å². The lowest BCUT2D eigenvalue weighted by molar-refractivity contribution is -0.324. The van der Waals surface area contributed by atoms with Crippen LogP contribution in [-0.4, -0.2) is 66.1 Å². The molecule has 5 N–H and O–H groups in total. The van der Waals surface area contributed by atoms with Crippen molar-refractivity contribution in [2.24, 2.45) is 0 Å². The number of aliphatic hydroxyl groups excluding tert-OH is 1. The van der Waals surface area contributed by atoms with Crippen LogP contribution in [0.5, 0.6) is 0 Å². The minimum Gasteiger partial charge on any atom is -0.394 e. The normalized spacial score (nSPS) is 50.5. The standard InChI is InChI=1S/C7H8O11P2/c8-1-2-4(10)3(9)5(4,11)6(12,19(14)15)7(13,18-2)20(16)17/h2,8,10-13H,1H2/t2-,4-,5-,6-,7?/m1/s1. The molecular formula is C7H8O11P2. The maximum absolute atomic E-state index is 11.5. The number of fused-ring (bicyclic) bond motifs is 1. The van der Waals surface area contributed by atoms with E-state index in [1.165, 1.54) is 0 Å². The lowest BCUT2D eigenvalue weighted by Crippen LogP contribution is -2.69. The van der Waals surface area contributed by atoms with Crippen molar-refractivity contribution in [3.63, 3.8) is 0 Å². The first-order valence-corrected chi connectivity index (χ1v) is 7.33. The smallest absolute Gasteiger partial charge is 0.381 e. The number of carbonyl (C=O) groups excluding carboxylic acids is 1. The third kappa shape index (κ3) is 1.21. The largest absolute Gasteiger partial charge is 0.394 e. The van der Waals surface area contributed by atoms with Gasteiger partial charge in [-0.05, 0) is 0 Å². The third-order valence-corrected chi connectivity index (χ3v) is 5.83. The number of ether oxygens (including phenoxy) is 1. The van der Waals surface area contributed by atoms with Gasteiger partial charge in [-0.1, -0.05) is 0 Å². The highest BCUT2D eigenvalue weighted by atomic mass is 31.1. The molecule has 0 radical (unpaired) electrons. The first-order valence-electron chi connectivity index (χ1n) is 4.98. The summed E-state index contributed by atoms with van der Waals surface area (Å²) < 4.78 is 48.6. The summed E-state index contributed by atoms with van der Waals surface area (Å²) in [5.74, 6) is -1.70. The molecule has 1 saturated carbocycles. The molecule has 1 aliphatic heterocycles. The predicted molar refractivity (Wildman–Crippen MR) is 53.4 cm³/mol. The molecule has 1 saturated heterocycles. The van der Waals surface area contributed by atoms with E-state index in [1.54, 1.807) is 0 Å². The van der Waals surface area contributed by atoms with Gasteiger partial charge in [-0.2, -0.15) is 0 Å². The highest BCUT2D eigenvalue weighted by Gasteiger charge is 2.98. The van der Waals surface area contributed by atoms with E-state index in [4.69, 9.17) is 5.11 Å². The summed E-state index contributed by atoms with van der Waals surface area (Å²) in [4.78, 5) is 11.5. The zero-order valence-corrected chi connectivity index (χ0v) is 11.2. The number of Topliss-reactive ketones (excluding diaryl/α,β-unsaturated/α-hetero) is 1. The molecule has 1 unspecified atom stereocenters. The van der Waals surface area contributed by atoms with E-state index in [0.29, 0.717) is 0 Å². The Morgan fingerprint density at radius 3 is 1.90 bits per heavy atom. The first kappa shape index (κ1) is 15.6. The minimum absolute atomic E-state index is 1.23. The van der Waals surface area contributed by atoms with Gasteiger partial charge in [0.15, 0.2) is 5.60 Å². The Morgan fingerprint density at radius 2 is 1.55 bits per heavy atom. The molecule has 0 aromatic rings. The summed E-state index contributed by atoms with van der Waals surface area (Å²) in [5, 5.41) is 44.2. The SMILES string of the molecule is O=C1[C@]2(O)[C@@](O)(P(=O)=O)C(O)(P(=O)=O)O[C@H](CO)[C@@]12O. The van der Waals surface area contributed by atoms with E-state index in [0.717, 1.165) is 0 Å². The first-order chi connectivity index (χ1) is 8.96. The summed E-state index contributed by atoms with van der Waals surface area (Å²) >= 11 is 0. The predicted octanol–water partition coefficient (Wildman–Crippen LogP) is -2.90. The molecule has 112 valence electrons. The van der Waals surface area contributed by atoms with Gasteiger partial charge in [0.05, 0.1) is 6.61 Å². The molecule has 0 bridgehead atoms. The molecule has 2 aliphatic rings. The topological polar surface area (TPSA) is 196 Å². The Morgan fingerprint density at radius 1 is 1.05 bits per heavy atom. The maximum Gasteiger partial charge on any atom is 0.381 e. The van der Waals surface area contributed by atoms with Crippen LogP contribution in [-0.2, 0) is 27.8 Å². The van der Waals surface area contributed by atoms with E-state index in [9.17, 15) is 43.5 Å². The van der Waals surface area contributed by atoms with Gasteiger partial charge in [-0.3, -0.25) is 4.79 Å². The lowest BCUT2D eigenvalue weighted by atomic mass is 9.98. The number of aliphatic hydroxyl groups is 5. The van der Waals surface area contributed by atoms with Crippen molar-refractivity contribution in [1.82, 2.24) is 0 Å². The highest BCUT2D eigenvalue weighted by Crippen LogP contribution is 2.68. The van der Waals surface area contributed by atoms with Crippen LogP contribution < -0.4 is 0 Å². The van der Waals surface area contributed by atoms with Crippen LogP contribution in [0.15, 0.2) is 0 Å². The van der Waals surface area contributed by atoms with Crippen LogP contribution in [0, 0.1) is 0 Å². The van der Waals surface area contributed by atoms with Gasteiger partial charge < -0.3 is 30.3 Å². The van der Waals surface area contributed by atoms with E-state index in [2.05, 4.69) is 4.74 Å². The third-order valence-electron chi connectivity index (χ3n) is 3.57. The van der Waals surface area contributed by atoms with Gasteiger partial charge in [0.2, 0.25) is 11.4 Å². The summed E-state index contributed by atoms with van der Waals surface area (Å²) in [6.45, 7) is -1.23. The second-order valence-corrected chi connectivity index (χ2v) is 6.67. The van der Waals surface area contributed by atoms with Crippen molar-refractivity contribution >= 4 is 21.1 Å². The second kappa shape index (κ2) is 3.90. The van der Waals surface area contributed by atoms with Crippen LogP contribution in [0.25, 0.3) is 0 Å². The molecule has 20 heavy (non-hydrogen) atoms. The number of rotatable bonds is 3. The fourth-order valence-corrected chi connectivity index (χ4v) is 4.31. The van der Waals surface area contributed by atoms with E-state index >= 15 is 0 Å². The van der Waals surface area contributed by atoms with Crippen LogP contribution in [0.4, 0.5) is 0 Å². The van der Waals surface area contributed by atoms with Crippen LogP contribution in [0.3, 0.4) is 0 Å². The fraction of sp³-hybridized carbons (Fsp3) is 0.857. The molecule has 1 heterocycles. The van der Waals surface area contributed by atoms with Crippen molar-refractivity contribution in [3.05, 3.63) is 0 Å². The second-order valence-electron chi connectivity index (χ2n) is 4.39. The van der Waals surface area contributed by atoms with Gasteiger partial charge in [0.1, 0.15) is 6.10 Å². The maximum atomic E-state index is 11.5. The van der Waals surface area contributed by atoms with Gasteiger partial charge in [0.25, 0.3) is 5.34 Å². The Hall–Kier alpha value is -0.770. The number of carbonyl (C=O) groups is 1. The van der Waals surface area contributed by atoms with Crippen molar-refractivity contribution in [3.8, 4) is 0 Å². The summed E-state index contributed by atoms with van der Waals surface area (Å²) in [6, 6.07) is 0. The van der Waals surface area contributed by atoms with E-state index in [1.807, 2.05) is 0 Å². The Balaban J connectivity index is 2.80. The Labute approximate surface area is 110 Å². The molecule has 13 heteroatoms. The highest BCUT2D eigenvalue weighted by molar-refractivity contribution is 7.38. The zero-order chi connectivity index (χ0) is 15.7. The Kier molecular flexibility index (Phi) is 3.05. The molecule has 1 aliphatic carbocycles. The summed E-state index contributed by atoms with van der Waals surface area (Å²) in [7, 11) is -8.63. The lowest BCUT2D eigenvalue weighted by Gasteiger charge is -2.43.